The van der Waals surface area contributed by atoms with Crippen molar-refractivity contribution in [3.63, 3.8) is 0 Å². The summed E-state index contributed by atoms with van der Waals surface area (Å²) in [5.41, 5.74) is 3.70. The lowest BCUT2D eigenvalue weighted by Gasteiger charge is -2.06. The predicted molar refractivity (Wildman–Crippen MR) is 100 cm³/mol. The molecular formula is C18H16BrN3O3. The number of fused-ring (bicyclic) bond motifs is 2. The zero-order valence-electron chi connectivity index (χ0n) is 13.6. The van der Waals surface area contributed by atoms with Crippen molar-refractivity contribution in [1.29, 1.82) is 0 Å². The summed E-state index contributed by atoms with van der Waals surface area (Å²) < 4.78 is 11.9. The second-order valence-electron chi connectivity index (χ2n) is 5.81. The van der Waals surface area contributed by atoms with Crippen molar-refractivity contribution in [3.05, 3.63) is 45.4 Å². The molecule has 2 aromatic carbocycles. The Kier molecular flexibility index (Phi) is 4.09. The van der Waals surface area contributed by atoms with Crippen LogP contribution in [0.4, 0.5) is 0 Å². The van der Waals surface area contributed by atoms with E-state index in [0.717, 1.165) is 39.7 Å². The topological polar surface area (TPSA) is 83.9 Å². The van der Waals surface area contributed by atoms with Crippen LogP contribution in [0.15, 0.2) is 44.0 Å². The number of nitrogens with zero attached hydrogens (tertiary/aromatic N) is 1. The second kappa shape index (κ2) is 6.40. The zero-order chi connectivity index (χ0) is 17.4. The fourth-order valence-corrected chi connectivity index (χ4v) is 3.16. The molecule has 0 aliphatic carbocycles. The van der Waals surface area contributed by atoms with E-state index >= 15 is 0 Å². The van der Waals surface area contributed by atoms with E-state index < -0.39 is 5.76 Å². The number of nitrogens with one attached hydrogen (secondary N) is 2. The molecule has 7 heteroatoms. The molecule has 0 spiro atoms. The Bertz CT molecular complexity index is 1110. The summed E-state index contributed by atoms with van der Waals surface area (Å²) in [6, 6.07) is 9.36. The number of rotatable bonds is 5. The maximum absolute atomic E-state index is 11.3. The predicted octanol–water partition coefficient (Wildman–Crippen LogP) is 4.61. The van der Waals surface area contributed by atoms with Gasteiger partial charge in [-0.1, -0.05) is 29.3 Å². The van der Waals surface area contributed by atoms with Crippen LogP contribution in [0.3, 0.4) is 0 Å². The normalized spacial score (nSPS) is 11.4. The van der Waals surface area contributed by atoms with Crippen molar-refractivity contribution in [3.8, 4) is 17.1 Å². The van der Waals surface area contributed by atoms with Crippen molar-refractivity contribution in [1.82, 2.24) is 15.0 Å². The third kappa shape index (κ3) is 3.07. The van der Waals surface area contributed by atoms with Gasteiger partial charge in [0.1, 0.15) is 17.1 Å². The van der Waals surface area contributed by atoms with Gasteiger partial charge in [0, 0.05) is 10.0 Å². The van der Waals surface area contributed by atoms with Crippen LogP contribution in [0.2, 0.25) is 0 Å². The zero-order valence-corrected chi connectivity index (χ0v) is 15.1. The molecular weight excluding hydrogens is 386 g/mol. The minimum Gasteiger partial charge on any atom is -0.491 e. The number of H-pyrrole nitrogens is 2. The largest absolute Gasteiger partial charge is 0.491 e. The number of ether oxygens (including phenoxy) is 1. The van der Waals surface area contributed by atoms with E-state index in [1.807, 2.05) is 24.3 Å². The third-order valence-corrected chi connectivity index (χ3v) is 4.42. The van der Waals surface area contributed by atoms with Crippen molar-refractivity contribution in [2.75, 3.05) is 6.61 Å². The molecule has 0 radical (unpaired) electrons. The molecule has 2 heterocycles. The molecule has 0 amide bonds. The molecule has 25 heavy (non-hydrogen) atoms. The number of imidazole rings is 1. The molecule has 2 aromatic heterocycles. The molecule has 4 aromatic rings. The van der Waals surface area contributed by atoms with E-state index in [1.165, 1.54) is 0 Å². The number of hydrogen-bond acceptors (Lipinski definition) is 4. The number of unbranched alkanes of at least 4 members (excludes halogenated alkanes) is 1. The monoisotopic (exact) mass is 401 g/mol. The molecule has 0 unspecified atom stereocenters. The molecule has 4 rings (SSSR count). The first-order valence-corrected chi connectivity index (χ1v) is 8.88. The number of benzene rings is 2. The van der Waals surface area contributed by atoms with E-state index in [0.29, 0.717) is 23.5 Å². The van der Waals surface area contributed by atoms with Gasteiger partial charge in [-0.25, -0.2) is 9.78 Å². The van der Waals surface area contributed by atoms with E-state index in [1.54, 1.807) is 6.07 Å². The fourth-order valence-electron chi connectivity index (χ4n) is 2.72. The van der Waals surface area contributed by atoms with Gasteiger partial charge in [0.15, 0.2) is 5.58 Å². The second-order valence-corrected chi connectivity index (χ2v) is 6.73. The Morgan fingerprint density at radius 2 is 2.08 bits per heavy atom. The van der Waals surface area contributed by atoms with Crippen molar-refractivity contribution in [2.45, 2.75) is 19.8 Å². The summed E-state index contributed by atoms with van der Waals surface area (Å²) in [5, 5.41) is 0. The van der Waals surface area contributed by atoms with Gasteiger partial charge in [-0.2, -0.15) is 0 Å². The fraction of sp³-hybridized carbons (Fsp3) is 0.222. The number of hydrogen-bond donors (Lipinski definition) is 2. The van der Waals surface area contributed by atoms with Crippen LogP contribution in [0.1, 0.15) is 19.8 Å². The Labute approximate surface area is 151 Å². The summed E-state index contributed by atoms with van der Waals surface area (Å²) >= 11 is 3.51. The summed E-state index contributed by atoms with van der Waals surface area (Å²) in [6.45, 7) is 2.79. The van der Waals surface area contributed by atoms with Gasteiger partial charge < -0.3 is 14.1 Å². The maximum Gasteiger partial charge on any atom is 0.417 e. The lowest BCUT2D eigenvalue weighted by atomic mass is 10.2. The minimum absolute atomic E-state index is 0.465. The molecule has 0 fully saturated rings. The Hall–Kier alpha value is -2.54. The van der Waals surface area contributed by atoms with Crippen molar-refractivity contribution >= 4 is 38.1 Å². The summed E-state index contributed by atoms with van der Waals surface area (Å²) in [6.07, 6.45) is 2.07. The van der Waals surface area contributed by atoms with Crippen molar-refractivity contribution < 1.29 is 9.15 Å². The maximum atomic E-state index is 11.3. The summed E-state index contributed by atoms with van der Waals surface area (Å²) in [7, 11) is 0. The lowest BCUT2D eigenvalue weighted by molar-refractivity contribution is 0.312. The average Bonchev–Trinajstić information content (AvgIpc) is 3.16. The SMILES string of the molecule is CCCCOc1cc(Br)cc2[nH]c(-c3ccc4oc(=O)[nH]c4c3)nc12. The Balaban J connectivity index is 1.78. The number of aromatic nitrogens is 3. The molecule has 2 N–H and O–H groups in total. The number of aromatic amines is 2. The van der Waals surface area contributed by atoms with Gasteiger partial charge >= 0.3 is 5.76 Å². The first-order valence-electron chi connectivity index (χ1n) is 8.09. The van der Waals surface area contributed by atoms with E-state index in [9.17, 15) is 4.79 Å². The first kappa shape index (κ1) is 16.0. The Morgan fingerprint density at radius 1 is 1.20 bits per heavy atom. The van der Waals surface area contributed by atoms with E-state index in [4.69, 9.17) is 14.1 Å². The van der Waals surface area contributed by atoms with Crippen LogP contribution >= 0.6 is 15.9 Å². The highest BCUT2D eigenvalue weighted by molar-refractivity contribution is 9.10. The smallest absolute Gasteiger partial charge is 0.417 e. The van der Waals surface area contributed by atoms with Crippen molar-refractivity contribution in [2.24, 2.45) is 0 Å². The van der Waals surface area contributed by atoms with Crippen LogP contribution < -0.4 is 10.5 Å². The molecule has 6 nitrogen and oxygen atoms in total. The average molecular weight is 402 g/mol. The molecule has 0 saturated heterocycles. The van der Waals surface area contributed by atoms with Gasteiger partial charge in [0.2, 0.25) is 0 Å². The first-order chi connectivity index (χ1) is 12.1. The third-order valence-electron chi connectivity index (χ3n) is 3.96. The van der Waals surface area contributed by atoms with Gasteiger partial charge in [-0.05, 0) is 36.8 Å². The molecule has 128 valence electrons. The van der Waals surface area contributed by atoms with E-state index in [2.05, 4.69) is 32.8 Å². The molecule has 0 bridgehead atoms. The van der Waals surface area contributed by atoms with Gasteiger partial charge in [-0.3, -0.25) is 4.98 Å². The van der Waals surface area contributed by atoms with Crippen LogP contribution in [0.25, 0.3) is 33.5 Å². The van der Waals surface area contributed by atoms with Gasteiger partial charge in [0.25, 0.3) is 0 Å². The highest BCUT2D eigenvalue weighted by atomic mass is 79.9. The highest BCUT2D eigenvalue weighted by Gasteiger charge is 2.13. The lowest BCUT2D eigenvalue weighted by Crippen LogP contribution is -1.97. The van der Waals surface area contributed by atoms with Gasteiger partial charge in [-0.15, -0.1) is 0 Å². The quantitative estimate of drug-likeness (QED) is 0.478. The van der Waals surface area contributed by atoms with Gasteiger partial charge in [0.05, 0.1) is 17.6 Å². The van der Waals surface area contributed by atoms with Crippen LogP contribution in [-0.4, -0.2) is 21.6 Å². The van der Waals surface area contributed by atoms with Crippen LogP contribution in [-0.2, 0) is 0 Å². The van der Waals surface area contributed by atoms with E-state index in [-0.39, 0.29) is 0 Å². The standard InChI is InChI=1S/C18H16BrN3O3/c1-2-3-6-24-15-9-11(19)8-13-16(15)22-17(20-13)10-4-5-14-12(7-10)21-18(23)25-14/h4-5,7-9H,2-3,6H2,1H3,(H,20,22)(H,21,23). The number of halogens is 1. The molecule has 0 aliphatic rings. The summed E-state index contributed by atoms with van der Waals surface area (Å²) in [5.74, 6) is 0.989. The molecule has 0 aliphatic heterocycles. The highest BCUT2D eigenvalue weighted by Crippen LogP contribution is 2.31. The van der Waals surface area contributed by atoms with Crippen LogP contribution in [0, 0.1) is 0 Å². The summed E-state index contributed by atoms with van der Waals surface area (Å²) in [4.78, 5) is 22.0. The number of oxazole rings is 1. The Morgan fingerprint density at radius 3 is 2.92 bits per heavy atom. The molecule has 0 atom stereocenters. The minimum atomic E-state index is -0.465. The van der Waals surface area contributed by atoms with Crippen LogP contribution in [0.5, 0.6) is 5.75 Å². The molecule has 0 saturated carbocycles.